The molecule has 1 unspecified atom stereocenters. The normalized spacial score (nSPS) is 11.8. The van der Waals surface area contributed by atoms with Gasteiger partial charge in [0.15, 0.2) is 0 Å². The van der Waals surface area contributed by atoms with Crippen molar-refractivity contribution < 1.29 is 9.53 Å². The van der Waals surface area contributed by atoms with Crippen molar-refractivity contribution in [3.63, 3.8) is 0 Å². The minimum atomic E-state index is -0.454. The Balaban J connectivity index is 2.12. The summed E-state index contributed by atoms with van der Waals surface area (Å²) in [6.45, 7) is 0.377. The summed E-state index contributed by atoms with van der Waals surface area (Å²) in [6, 6.07) is 16.5. The second-order valence-corrected chi connectivity index (χ2v) is 4.14. The summed E-state index contributed by atoms with van der Waals surface area (Å²) >= 11 is 0. The molecule has 2 rings (SSSR count). The van der Waals surface area contributed by atoms with Crippen LogP contribution in [0, 0.1) is 0 Å². The predicted molar refractivity (Wildman–Crippen MR) is 73.8 cm³/mol. The number of ether oxygens (including phenoxy) is 1. The van der Waals surface area contributed by atoms with Gasteiger partial charge in [0, 0.05) is 12.1 Å². The quantitative estimate of drug-likeness (QED) is 0.857. The lowest BCUT2D eigenvalue weighted by Crippen LogP contribution is -2.18. The SMILES string of the molecule is NCC(Oc1ccc(C(N)=O)cc1)c1ccccc1. The van der Waals surface area contributed by atoms with Crippen molar-refractivity contribution in [2.75, 3.05) is 6.54 Å². The Morgan fingerprint density at radius 1 is 1.05 bits per heavy atom. The van der Waals surface area contributed by atoms with Crippen LogP contribution in [0.3, 0.4) is 0 Å². The van der Waals surface area contributed by atoms with E-state index in [1.54, 1.807) is 24.3 Å². The molecule has 2 aromatic carbocycles. The van der Waals surface area contributed by atoms with E-state index in [1.807, 2.05) is 30.3 Å². The number of nitrogens with two attached hydrogens (primary N) is 2. The summed E-state index contributed by atoms with van der Waals surface area (Å²) in [6.07, 6.45) is -0.208. The zero-order chi connectivity index (χ0) is 13.7. The van der Waals surface area contributed by atoms with E-state index in [9.17, 15) is 4.79 Å². The molecule has 0 spiro atoms. The van der Waals surface area contributed by atoms with E-state index in [0.29, 0.717) is 17.9 Å². The minimum absolute atomic E-state index is 0.208. The van der Waals surface area contributed by atoms with E-state index in [0.717, 1.165) is 5.56 Å². The fraction of sp³-hybridized carbons (Fsp3) is 0.133. The predicted octanol–water partition coefficient (Wildman–Crippen LogP) is 1.86. The Bertz CT molecular complexity index is 538. The molecule has 0 saturated carbocycles. The third-order valence-electron chi connectivity index (χ3n) is 2.80. The Kier molecular flexibility index (Phi) is 4.15. The van der Waals surface area contributed by atoms with Gasteiger partial charge >= 0.3 is 0 Å². The Morgan fingerprint density at radius 3 is 2.21 bits per heavy atom. The number of amides is 1. The van der Waals surface area contributed by atoms with E-state index >= 15 is 0 Å². The van der Waals surface area contributed by atoms with Crippen LogP contribution in [0.1, 0.15) is 22.0 Å². The molecule has 1 atom stereocenters. The molecule has 4 heteroatoms. The molecule has 0 radical (unpaired) electrons. The van der Waals surface area contributed by atoms with Crippen LogP contribution in [0.5, 0.6) is 5.75 Å². The van der Waals surface area contributed by atoms with Crippen LogP contribution in [0.2, 0.25) is 0 Å². The molecule has 0 bridgehead atoms. The lowest BCUT2D eigenvalue weighted by atomic mass is 10.1. The third-order valence-corrected chi connectivity index (χ3v) is 2.80. The Labute approximate surface area is 112 Å². The van der Waals surface area contributed by atoms with E-state index in [4.69, 9.17) is 16.2 Å². The first-order chi connectivity index (χ1) is 9.20. The zero-order valence-corrected chi connectivity index (χ0v) is 10.5. The fourth-order valence-corrected chi connectivity index (χ4v) is 1.78. The fourth-order valence-electron chi connectivity index (χ4n) is 1.78. The summed E-state index contributed by atoms with van der Waals surface area (Å²) in [4.78, 5) is 11.0. The highest BCUT2D eigenvalue weighted by Gasteiger charge is 2.11. The van der Waals surface area contributed by atoms with Crippen molar-refractivity contribution in [2.24, 2.45) is 11.5 Å². The Morgan fingerprint density at radius 2 is 1.68 bits per heavy atom. The molecular formula is C15H16N2O2. The molecule has 0 heterocycles. The molecule has 4 nitrogen and oxygen atoms in total. The van der Waals surface area contributed by atoms with Crippen molar-refractivity contribution in [1.82, 2.24) is 0 Å². The standard InChI is InChI=1S/C15H16N2O2/c16-10-14(11-4-2-1-3-5-11)19-13-8-6-12(7-9-13)15(17)18/h1-9,14H,10,16H2,(H2,17,18). The van der Waals surface area contributed by atoms with Crippen LogP contribution in [0.4, 0.5) is 0 Å². The molecule has 1 amide bonds. The van der Waals surface area contributed by atoms with Crippen molar-refractivity contribution in [3.8, 4) is 5.75 Å². The van der Waals surface area contributed by atoms with Gasteiger partial charge in [-0.1, -0.05) is 30.3 Å². The zero-order valence-electron chi connectivity index (χ0n) is 10.5. The second kappa shape index (κ2) is 6.02. The number of carbonyl (C=O) groups is 1. The van der Waals surface area contributed by atoms with Crippen LogP contribution >= 0.6 is 0 Å². The molecule has 2 aromatic rings. The smallest absolute Gasteiger partial charge is 0.248 e. The molecule has 0 fully saturated rings. The molecular weight excluding hydrogens is 240 g/mol. The van der Waals surface area contributed by atoms with E-state index < -0.39 is 5.91 Å². The topological polar surface area (TPSA) is 78.3 Å². The molecule has 0 aliphatic heterocycles. The largest absolute Gasteiger partial charge is 0.484 e. The number of rotatable bonds is 5. The summed E-state index contributed by atoms with van der Waals surface area (Å²) < 4.78 is 5.81. The first-order valence-electron chi connectivity index (χ1n) is 6.02. The minimum Gasteiger partial charge on any atom is -0.484 e. The van der Waals surface area contributed by atoms with Crippen molar-refractivity contribution in [3.05, 3.63) is 65.7 Å². The number of hydrogen-bond acceptors (Lipinski definition) is 3. The summed E-state index contributed by atoms with van der Waals surface area (Å²) in [5.74, 6) is 0.203. The average molecular weight is 256 g/mol. The number of primary amides is 1. The molecule has 98 valence electrons. The van der Waals surface area contributed by atoms with Crippen LogP contribution in [-0.4, -0.2) is 12.5 Å². The number of benzene rings is 2. The summed E-state index contributed by atoms with van der Waals surface area (Å²) in [5, 5.41) is 0. The summed E-state index contributed by atoms with van der Waals surface area (Å²) in [7, 11) is 0. The maximum absolute atomic E-state index is 11.0. The molecule has 19 heavy (non-hydrogen) atoms. The lowest BCUT2D eigenvalue weighted by Gasteiger charge is -2.17. The van der Waals surface area contributed by atoms with Gasteiger partial charge in [-0.2, -0.15) is 0 Å². The van der Waals surface area contributed by atoms with Gasteiger partial charge < -0.3 is 16.2 Å². The highest BCUT2D eigenvalue weighted by Crippen LogP contribution is 2.21. The highest BCUT2D eigenvalue weighted by atomic mass is 16.5. The maximum atomic E-state index is 11.0. The van der Waals surface area contributed by atoms with Gasteiger partial charge in [0.2, 0.25) is 5.91 Å². The number of carbonyl (C=O) groups excluding carboxylic acids is 1. The van der Waals surface area contributed by atoms with Crippen molar-refractivity contribution in [1.29, 1.82) is 0 Å². The second-order valence-electron chi connectivity index (χ2n) is 4.14. The first-order valence-corrected chi connectivity index (χ1v) is 6.02. The van der Waals surface area contributed by atoms with E-state index in [2.05, 4.69) is 0 Å². The van der Waals surface area contributed by atoms with Gasteiger partial charge in [-0.3, -0.25) is 4.79 Å². The third kappa shape index (κ3) is 3.33. The van der Waals surface area contributed by atoms with Gasteiger partial charge in [-0.25, -0.2) is 0 Å². The van der Waals surface area contributed by atoms with Gasteiger partial charge in [-0.15, -0.1) is 0 Å². The molecule has 0 saturated heterocycles. The van der Waals surface area contributed by atoms with Gasteiger partial charge in [0.05, 0.1) is 0 Å². The van der Waals surface area contributed by atoms with Gasteiger partial charge in [0.25, 0.3) is 0 Å². The molecule has 0 aromatic heterocycles. The van der Waals surface area contributed by atoms with Crippen molar-refractivity contribution >= 4 is 5.91 Å². The Hall–Kier alpha value is -2.33. The highest BCUT2D eigenvalue weighted by molar-refractivity contribution is 5.92. The molecule has 0 aliphatic rings. The molecule has 4 N–H and O–H groups in total. The van der Waals surface area contributed by atoms with Crippen LogP contribution in [0.25, 0.3) is 0 Å². The van der Waals surface area contributed by atoms with Crippen LogP contribution in [0.15, 0.2) is 54.6 Å². The van der Waals surface area contributed by atoms with Crippen LogP contribution in [-0.2, 0) is 0 Å². The van der Waals surface area contributed by atoms with Gasteiger partial charge in [-0.05, 0) is 29.8 Å². The van der Waals surface area contributed by atoms with Crippen LogP contribution < -0.4 is 16.2 Å². The number of hydrogen-bond donors (Lipinski definition) is 2. The molecule has 0 aliphatic carbocycles. The van der Waals surface area contributed by atoms with Gasteiger partial charge in [0.1, 0.15) is 11.9 Å². The maximum Gasteiger partial charge on any atom is 0.248 e. The van der Waals surface area contributed by atoms with E-state index in [1.165, 1.54) is 0 Å². The lowest BCUT2D eigenvalue weighted by molar-refractivity contribution is 0.1000. The van der Waals surface area contributed by atoms with Crippen molar-refractivity contribution in [2.45, 2.75) is 6.10 Å². The summed E-state index contributed by atoms with van der Waals surface area (Å²) in [5.41, 5.74) is 12.4. The van der Waals surface area contributed by atoms with E-state index in [-0.39, 0.29) is 6.10 Å². The monoisotopic (exact) mass is 256 g/mol. The average Bonchev–Trinajstić information content (AvgIpc) is 2.46. The first kappa shape index (κ1) is 13.1.